The Morgan fingerprint density at radius 3 is 2.62 bits per heavy atom. The highest BCUT2D eigenvalue weighted by molar-refractivity contribution is 5.83. The number of hydrogen-bond donors (Lipinski definition) is 5. The highest BCUT2D eigenvalue weighted by atomic mass is 16.3. The Bertz CT molecular complexity index is 916. The highest BCUT2D eigenvalue weighted by Gasteiger charge is 2.42. The van der Waals surface area contributed by atoms with Crippen molar-refractivity contribution < 1.29 is 15.3 Å². The number of rotatable bonds is 4. The lowest BCUT2D eigenvalue weighted by Gasteiger charge is -2.18. The number of aliphatic hydroxyl groups is 3. The molecule has 9 heteroatoms. The molecule has 1 saturated carbocycles. The van der Waals surface area contributed by atoms with Crippen LogP contribution in [0.2, 0.25) is 0 Å². The number of benzene rings is 1. The number of fused-ring (bicyclic) bond motifs is 1. The van der Waals surface area contributed by atoms with Crippen molar-refractivity contribution >= 4 is 28.6 Å². The van der Waals surface area contributed by atoms with Crippen molar-refractivity contribution in [3.63, 3.8) is 0 Å². The van der Waals surface area contributed by atoms with Crippen molar-refractivity contribution in [2.24, 2.45) is 5.92 Å². The van der Waals surface area contributed by atoms with Crippen LogP contribution in [0.25, 0.3) is 11.2 Å². The lowest BCUT2D eigenvalue weighted by Crippen LogP contribution is -2.30. The zero-order chi connectivity index (χ0) is 18.3. The number of hydrogen-bond acceptors (Lipinski definition) is 8. The monoisotopic (exact) mass is 356 g/mol. The molecule has 0 saturated heterocycles. The Kier molecular flexibility index (Phi) is 4.19. The van der Waals surface area contributed by atoms with Crippen LogP contribution in [0.1, 0.15) is 12.5 Å². The minimum absolute atomic E-state index is 0.195. The van der Waals surface area contributed by atoms with Gasteiger partial charge in [-0.2, -0.15) is 9.97 Å². The zero-order valence-electron chi connectivity index (χ0n) is 13.9. The van der Waals surface area contributed by atoms with E-state index in [1.165, 1.54) is 6.33 Å². The molecule has 1 fully saturated rings. The summed E-state index contributed by atoms with van der Waals surface area (Å²) in [6.07, 6.45) is -0.0762. The fourth-order valence-corrected chi connectivity index (χ4v) is 3.44. The van der Waals surface area contributed by atoms with Crippen LogP contribution in [0.5, 0.6) is 0 Å². The quantitative estimate of drug-likeness (QED) is 0.453. The maximum absolute atomic E-state index is 10.4. The molecule has 0 spiro atoms. The summed E-state index contributed by atoms with van der Waals surface area (Å²) in [6.45, 7) is -0.195. The van der Waals surface area contributed by atoms with Gasteiger partial charge < -0.3 is 30.9 Å². The molecule has 1 aliphatic carbocycles. The molecule has 0 aliphatic heterocycles. The molecule has 0 bridgehead atoms. The molecule has 26 heavy (non-hydrogen) atoms. The molecule has 4 rings (SSSR count). The molecule has 0 amide bonds. The maximum Gasteiger partial charge on any atom is 0.231 e. The van der Waals surface area contributed by atoms with Crippen LogP contribution in [0, 0.1) is 5.92 Å². The molecule has 4 atom stereocenters. The van der Waals surface area contributed by atoms with E-state index in [1.807, 2.05) is 30.3 Å². The van der Waals surface area contributed by atoms with Crippen LogP contribution in [-0.4, -0.2) is 53.7 Å². The van der Waals surface area contributed by atoms with Gasteiger partial charge in [0.2, 0.25) is 5.95 Å². The molecular formula is C17H20N6O3. The van der Waals surface area contributed by atoms with E-state index in [4.69, 9.17) is 5.73 Å². The lowest BCUT2D eigenvalue weighted by atomic mass is 10.1. The number of imidazole rings is 1. The number of nitrogens with one attached hydrogen (secondary N) is 1. The number of nitrogen functional groups attached to an aromatic ring is 1. The van der Waals surface area contributed by atoms with E-state index in [9.17, 15) is 15.3 Å². The molecular weight excluding hydrogens is 336 g/mol. The van der Waals surface area contributed by atoms with Gasteiger partial charge in [0.05, 0.1) is 18.5 Å². The topological polar surface area (TPSA) is 142 Å². The molecule has 0 unspecified atom stereocenters. The SMILES string of the molecule is Nc1nc(Nc2ccccc2)nc2c1ncn2[C@@H]1C[C@H](CO)[C@@H](O)[C@H]1O. The fourth-order valence-electron chi connectivity index (χ4n) is 3.44. The largest absolute Gasteiger partial charge is 0.396 e. The van der Waals surface area contributed by atoms with E-state index in [1.54, 1.807) is 4.57 Å². The Hall–Kier alpha value is -2.75. The van der Waals surface area contributed by atoms with Crippen LogP contribution >= 0.6 is 0 Å². The summed E-state index contributed by atoms with van der Waals surface area (Å²) in [5.74, 6) is 0.141. The minimum atomic E-state index is -1.02. The van der Waals surface area contributed by atoms with Gasteiger partial charge in [-0.25, -0.2) is 4.98 Å². The Morgan fingerprint density at radius 2 is 1.92 bits per heavy atom. The number of nitrogens with zero attached hydrogens (tertiary/aromatic N) is 4. The van der Waals surface area contributed by atoms with Gasteiger partial charge >= 0.3 is 0 Å². The second kappa shape index (κ2) is 6.52. The second-order valence-electron chi connectivity index (χ2n) is 6.47. The Morgan fingerprint density at radius 1 is 1.15 bits per heavy atom. The third-order valence-corrected chi connectivity index (χ3v) is 4.84. The molecule has 2 heterocycles. The molecule has 3 aromatic rings. The van der Waals surface area contributed by atoms with Crippen LogP contribution in [0.15, 0.2) is 36.7 Å². The first-order valence-electron chi connectivity index (χ1n) is 8.37. The first-order chi connectivity index (χ1) is 12.6. The summed E-state index contributed by atoms with van der Waals surface area (Å²) >= 11 is 0. The van der Waals surface area contributed by atoms with Crippen LogP contribution in [-0.2, 0) is 0 Å². The maximum atomic E-state index is 10.4. The van der Waals surface area contributed by atoms with Gasteiger partial charge in [-0.05, 0) is 18.6 Å². The summed E-state index contributed by atoms with van der Waals surface area (Å²) < 4.78 is 1.69. The van der Waals surface area contributed by atoms with Crippen molar-refractivity contribution in [2.45, 2.75) is 24.7 Å². The van der Waals surface area contributed by atoms with Gasteiger partial charge in [-0.3, -0.25) is 0 Å². The summed E-state index contributed by atoms with van der Waals surface area (Å²) in [5, 5.41) is 32.9. The Labute approximate surface area is 149 Å². The number of aliphatic hydroxyl groups excluding tert-OH is 3. The first-order valence-corrected chi connectivity index (χ1v) is 8.37. The third-order valence-electron chi connectivity index (χ3n) is 4.84. The molecule has 2 aromatic heterocycles. The summed E-state index contributed by atoms with van der Waals surface area (Å²) in [7, 11) is 0. The van der Waals surface area contributed by atoms with Gasteiger partial charge in [0, 0.05) is 18.2 Å². The summed E-state index contributed by atoms with van der Waals surface area (Å²) in [5.41, 5.74) is 7.73. The number of nitrogens with two attached hydrogens (primary N) is 1. The lowest BCUT2D eigenvalue weighted by molar-refractivity contribution is -0.00370. The van der Waals surface area contributed by atoms with E-state index in [0.717, 1.165) is 5.69 Å². The molecule has 136 valence electrons. The van der Waals surface area contributed by atoms with Gasteiger partial charge in [0.15, 0.2) is 11.5 Å². The van der Waals surface area contributed by atoms with Crippen molar-refractivity contribution in [3.05, 3.63) is 36.7 Å². The Balaban J connectivity index is 1.73. The minimum Gasteiger partial charge on any atom is -0.396 e. The fraction of sp³-hybridized carbons (Fsp3) is 0.353. The number of anilines is 3. The van der Waals surface area contributed by atoms with E-state index < -0.39 is 24.2 Å². The van der Waals surface area contributed by atoms with Crippen LogP contribution in [0.3, 0.4) is 0 Å². The third kappa shape index (κ3) is 2.75. The smallest absolute Gasteiger partial charge is 0.231 e. The number of aromatic nitrogens is 4. The van der Waals surface area contributed by atoms with Gasteiger partial charge in [0.25, 0.3) is 0 Å². The van der Waals surface area contributed by atoms with Crippen molar-refractivity contribution in [1.29, 1.82) is 0 Å². The van der Waals surface area contributed by atoms with Gasteiger partial charge in [-0.1, -0.05) is 18.2 Å². The van der Waals surface area contributed by atoms with E-state index in [0.29, 0.717) is 23.5 Å². The average molecular weight is 356 g/mol. The van der Waals surface area contributed by atoms with E-state index in [2.05, 4.69) is 20.3 Å². The average Bonchev–Trinajstić information content (AvgIpc) is 3.18. The molecule has 1 aromatic carbocycles. The summed E-state index contributed by atoms with van der Waals surface area (Å²) in [6, 6.07) is 8.99. The zero-order valence-corrected chi connectivity index (χ0v) is 13.9. The number of para-hydroxylation sites is 1. The predicted octanol–water partition coefficient (Wildman–Crippen LogP) is 0.427. The van der Waals surface area contributed by atoms with Crippen molar-refractivity contribution in [1.82, 2.24) is 19.5 Å². The predicted molar refractivity (Wildman–Crippen MR) is 95.7 cm³/mol. The normalized spacial score (nSPS) is 25.7. The standard InChI is InChI=1S/C17H20N6O3/c18-15-12-16(22-17(21-15)20-10-4-2-1-3-5-10)23(8-19-12)11-6-9(7-24)13(25)14(11)26/h1-5,8-9,11,13-14,24-26H,6-7H2,(H3,18,20,21,22)/t9-,11-,13-,14+/m1/s1. The molecule has 9 nitrogen and oxygen atoms in total. The van der Waals surface area contributed by atoms with Crippen molar-refractivity contribution in [2.75, 3.05) is 17.7 Å². The molecule has 1 aliphatic rings. The molecule has 6 N–H and O–H groups in total. The van der Waals surface area contributed by atoms with Gasteiger partial charge in [-0.15, -0.1) is 0 Å². The second-order valence-corrected chi connectivity index (χ2v) is 6.47. The highest BCUT2D eigenvalue weighted by Crippen LogP contribution is 2.37. The van der Waals surface area contributed by atoms with Gasteiger partial charge in [0.1, 0.15) is 11.6 Å². The van der Waals surface area contributed by atoms with Crippen LogP contribution in [0.4, 0.5) is 17.5 Å². The van der Waals surface area contributed by atoms with Crippen LogP contribution < -0.4 is 11.1 Å². The first kappa shape index (κ1) is 16.7. The summed E-state index contributed by atoms with van der Waals surface area (Å²) in [4.78, 5) is 13.0. The van der Waals surface area contributed by atoms with E-state index in [-0.39, 0.29) is 12.4 Å². The van der Waals surface area contributed by atoms with Crippen molar-refractivity contribution in [3.8, 4) is 0 Å². The molecule has 0 radical (unpaired) electrons. The van der Waals surface area contributed by atoms with E-state index >= 15 is 0 Å².